The molecule has 0 aliphatic heterocycles. The molecule has 1 rings (SSSR count). The SMILES string of the molecule is CCc1ccc(C(=O)CC(N)CCOC)cc1. The van der Waals surface area contributed by atoms with Crippen LogP contribution in [0.1, 0.15) is 35.7 Å². The minimum atomic E-state index is -0.117. The van der Waals surface area contributed by atoms with E-state index in [9.17, 15) is 4.79 Å². The second kappa shape index (κ2) is 7.20. The molecule has 1 aromatic rings. The van der Waals surface area contributed by atoms with E-state index in [1.807, 2.05) is 24.3 Å². The van der Waals surface area contributed by atoms with Crippen molar-refractivity contribution >= 4 is 5.78 Å². The normalized spacial score (nSPS) is 12.4. The van der Waals surface area contributed by atoms with E-state index >= 15 is 0 Å². The number of benzene rings is 1. The van der Waals surface area contributed by atoms with Gasteiger partial charge in [0, 0.05) is 31.7 Å². The average molecular weight is 235 g/mol. The standard InChI is InChI=1S/C14H21NO2/c1-3-11-4-6-12(7-5-11)14(16)10-13(15)8-9-17-2/h4-7,13H,3,8-10,15H2,1-2H3. The maximum Gasteiger partial charge on any atom is 0.164 e. The van der Waals surface area contributed by atoms with Gasteiger partial charge in [0.1, 0.15) is 0 Å². The number of carbonyl (C=O) groups is 1. The molecule has 0 bridgehead atoms. The van der Waals surface area contributed by atoms with Gasteiger partial charge in [0.05, 0.1) is 0 Å². The summed E-state index contributed by atoms with van der Waals surface area (Å²) in [5, 5.41) is 0. The molecule has 0 aromatic heterocycles. The Hall–Kier alpha value is -1.19. The molecule has 3 heteroatoms. The summed E-state index contributed by atoms with van der Waals surface area (Å²) in [7, 11) is 1.64. The van der Waals surface area contributed by atoms with Crippen molar-refractivity contribution in [1.82, 2.24) is 0 Å². The van der Waals surface area contributed by atoms with Gasteiger partial charge in [-0.15, -0.1) is 0 Å². The second-order valence-electron chi connectivity index (χ2n) is 4.22. The average Bonchev–Trinajstić information content (AvgIpc) is 2.36. The first-order valence-corrected chi connectivity index (χ1v) is 6.04. The van der Waals surface area contributed by atoms with Gasteiger partial charge >= 0.3 is 0 Å². The van der Waals surface area contributed by atoms with E-state index in [4.69, 9.17) is 10.5 Å². The third kappa shape index (κ3) is 4.67. The van der Waals surface area contributed by atoms with Crippen molar-refractivity contribution in [2.24, 2.45) is 5.73 Å². The van der Waals surface area contributed by atoms with Crippen LogP contribution in [0.3, 0.4) is 0 Å². The lowest BCUT2D eigenvalue weighted by atomic mass is 10.0. The predicted molar refractivity (Wildman–Crippen MR) is 69.2 cm³/mol. The zero-order valence-corrected chi connectivity index (χ0v) is 10.6. The van der Waals surface area contributed by atoms with Gasteiger partial charge in [-0.25, -0.2) is 0 Å². The Morgan fingerprint density at radius 1 is 1.35 bits per heavy atom. The van der Waals surface area contributed by atoms with Crippen molar-refractivity contribution in [2.75, 3.05) is 13.7 Å². The minimum Gasteiger partial charge on any atom is -0.385 e. The van der Waals surface area contributed by atoms with Gasteiger partial charge in [-0.3, -0.25) is 4.79 Å². The number of aryl methyl sites for hydroxylation is 1. The van der Waals surface area contributed by atoms with E-state index in [1.54, 1.807) is 7.11 Å². The molecule has 94 valence electrons. The molecule has 0 saturated carbocycles. The highest BCUT2D eigenvalue weighted by molar-refractivity contribution is 5.96. The lowest BCUT2D eigenvalue weighted by molar-refractivity contribution is 0.0967. The monoisotopic (exact) mass is 235 g/mol. The van der Waals surface area contributed by atoms with Gasteiger partial charge in [0.2, 0.25) is 0 Å². The number of hydrogen-bond acceptors (Lipinski definition) is 3. The first-order chi connectivity index (χ1) is 8.17. The van der Waals surface area contributed by atoms with Gasteiger partial charge < -0.3 is 10.5 Å². The highest BCUT2D eigenvalue weighted by atomic mass is 16.5. The zero-order valence-electron chi connectivity index (χ0n) is 10.6. The highest BCUT2D eigenvalue weighted by Gasteiger charge is 2.11. The molecular weight excluding hydrogens is 214 g/mol. The Morgan fingerprint density at radius 2 is 2.00 bits per heavy atom. The summed E-state index contributed by atoms with van der Waals surface area (Å²) in [6.45, 7) is 2.70. The summed E-state index contributed by atoms with van der Waals surface area (Å²) >= 11 is 0. The van der Waals surface area contributed by atoms with Crippen molar-refractivity contribution in [2.45, 2.75) is 32.2 Å². The molecule has 0 aliphatic rings. The van der Waals surface area contributed by atoms with Crippen molar-refractivity contribution in [1.29, 1.82) is 0 Å². The summed E-state index contributed by atoms with van der Waals surface area (Å²) in [5.41, 5.74) is 7.84. The third-order valence-corrected chi connectivity index (χ3v) is 2.82. The van der Waals surface area contributed by atoms with Gasteiger partial charge in [-0.05, 0) is 18.4 Å². The first-order valence-electron chi connectivity index (χ1n) is 6.04. The molecule has 0 amide bonds. The number of nitrogens with two attached hydrogens (primary N) is 1. The molecule has 1 aromatic carbocycles. The molecule has 17 heavy (non-hydrogen) atoms. The van der Waals surface area contributed by atoms with Crippen LogP contribution >= 0.6 is 0 Å². The lowest BCUT2D eigenvalue weighted by Gasteiger charge is -2.10. The number of hydrogen-bond donors (Lipinski definition) is 1. The van der Waals surface area contributed by atoms with Crippen LogP contribution in [0.4, 0.5) is 0 Å². The summed E-state index contributed by atoms with van der Waals surface area (Å²) in [6.07, 6.45) is 2.09. The molecule has 0 saturated heterocycles. The number of ether oxygens (including phenoxy) is 1. The quantitative estimate of drug-likeness (QED) is 0.737. The van der Waals surface area contributed by atoms with Crippen molar-refractivity contribution < 1.29 is 9.53 Å². The Kier molecular flexibility index (Phi) is 5.87. The molecule has 1 atom stereocenters. The van der Waals surface area contributed by atoms with Crippen LogP contribution < -0.4 is 5.73 Å². The highest BCUT2D eigenvalue weighted by Crippen LogP contribution is 2.09. The third-order valence-electron chi connectivity index (χ3n) is 2.82. The Labute approximate surface area is 103 Å². The summed E-state index contributed by atoms with van der Waals surface area (Å²) in [5.74, 6) is 0.108. The molecule has 2 N–H and O–H groups in total. The van der Waals surface area contributed by atoms with Crippen LogP contribution in [0, 0.1) is 0 Å². The lowest BCUT2D eigenvalue weighted by Crippen LogP contribution is -2.25. The zero-order chi connectivity index (χ0) is 12.7. The summed E-state index contributed by atoms with van der Waals surface area (Å²) < 4.78 is 4.94. The van der Waals surface area contributed by atoms with E-state index in [2.05, 4.69) is 6.92 Å². The van der Waals surface area contributed by atoms with E-state index in [-0.39, 0.29) is 11.8 Å². The number of rotatable bonds is 7. The van der Waals surface area contributed by atoms with E-state index in [1.165, 1.54) is 5.56 Å². The Balaban J connectivity index is 2.51. The topological polar surface area (TPSA) is 52.3 Å². The molecule has 0 spiro atoms. The number of Topliss-reactive ketones (excluding diaryl/α,β-unsaturated/α-hetero) is 1. The number of carbonyl (C=O) groups excluding carboxylic acids is 1. The molecule has 1 unspecified atom stereocenters. The van der Waals surface area contributed by atoms with Crippen molar-refractivity contribution in [3.63, 3.8) is 0 Å². The maximum absolute atomic E-state index is 11.9. The fourth-order valence-corrected chi connectivity index (χ4v) is 1.65. The van der Waals surface area contributed by atoms with Gasteiger partial charge in [0.25, 0.3) is 0 Å². The largest absolute Gasteiger partial charge is 0.385 e. The second-order valence-corrected chi connectivity index (χ2v) is 4.22. The molecule has 3 nitrogen and oxygen atoms in total. The number of methoxy groups -OCH3 is 1. The van der Waals surface area contributed by atoms with Crippen LogP contribution in [0.2, 0.25) is 0 Å². The summed E-state index contributed by atoms with van der Waals surface area (Å²) in [6, 6.07) is 7.63. The fourth-order valence-electron chi connectivity index (χ4n) is 1.65. The molecule has 0 fully saturated rings. The van der Waals surface area contributed by atoms with Gasteiger partial charge in [-0.2, -0.15) is 0 Å². The Morgan fingerprint density at radius 3 is 2.53 bits per heavy atom. The molecular formula is C14H21NO2. The van der Waals surface area contributed by atoms with Gasteiger partial charge in [0.15, 0.2) is 5.78 Å². The van der Waals surface area contributed by atoms with Crippen LogP contribution in [0.25, 0.3) is 0 Å². The molecule has 0 heterocycles. The van der Waals surface area contributed by atoms with Crippen molar-refractivity contribution in [3.8, 4) is 0 Å². The maximum atomic E-state index is 11.9. The van der Waals surface area contributed by atoms with Crippen LogP contribution in [-0.4, -0.2) is 25.5 Å². The van der Waals surface area contributed by atoms with Gasteiger partial charge in [-0.1, -0.05) is 31.2 Å². The fraction of sp³-hybridized carbons (Fsp3) is 0.500. The van der Waals surface area contributed by atoms with E-state index in [0.717, 1.165) is 18.4 Å². The van der Waals surface area contributed by atoms with Crippen LogP contribution in [0.5, 0.6) is 0 Å². The van der Waals surface area contributed by atoms with E-state index < -0.39 is 0 Å². The number of ketones is 1. The summed E-state index contributed by atoms with van der Waals surface area (Å²) in [4.78, 5) is 11.9. The molecule has 0 radical (unpaired) electrons. The van der Waals surface area contributed by atoms with Crippen LogP contribution in [0.15, 0.2) is 24.3 Å². The minimum absolute atomic E-state index is 0.108. The van der Waals surface area contributed by atoms with Crippen molar-refractivity contribution in [3.05, 3.63) is 35.4 Å². The van der Waals surface area contributed by atoms with E-state index in [0.29, 0.717) is 13.0 Å². The molecule has 0 aliphatic carbocycles. The smallest absolute Gasteiger partial charge is 0.164 e. The predicted octanol–water partition coefficient (Wildman–Crippen LogP) is 2.19. The Bertz CT molecular complexity index is 346. The van der Waals surface area contributed by atoms with Crippen LogP contribution in [-0.2, 0) is 11.2 Å². The first kappa shape index (κ1) is 13.9.